The third-order valence-corrected chi connectivity index (χ3v) is 11.3. The van der Waals surface area contributed by atoms with Crippen LogP contribution in [0.1, 0.15) is 0 Å². The van der Waals surface area contributed by atoms with Gasteiger partial charge in [-0.1, -0.05) is 103 Å². The molecule has 0 saturated carbocycles. The lowest BCUT2D eigenvalue weighted by molar-refractivity contribution is 1.10. The van der Waals surface area contributed by atoms with Gasteiger partial charge in [0.15, 0.2) is 0 Å². The summed E-state index contributed by atoms with van der Waals surface area (Å²) in [6, 6.07) is 59.3. The number of nitrogens with zero attached hydrogens (tertiary/aromatic N) is 3. The van der Waals surface area contributed by atoms with Crippen molar-refractivity contribution in [3.05, 3.63) is 164 Å². The SMILES string of the molecule is c1ccc(-n2c(-c3ccc(-n4c5cc6sc7c8ccccc8ccc7c6cc5c5ccc6ccccc6c54)cc3)nc3ccccc32)cc1. The van der Waals surface area contributed by atoms with Crippen LogP contribution in [-0.2, 0) is 0 Å². The second kappa shape index (κ2) is 10.1. The molecule has 0 saturated heterocycles. The molecule has 0 radical (unpaired) electrons. The molecule has 0 amide bonds. The first-order chi connectivity index (χ1) is 24.3. The number of hydrogen-bond donors (Lipinski definition) is 0. The average molecular weight is 642 g/mol. The zero-order valence-corrected chi connectivity index (χ0v) is 27.2. The molecule has 11 aromatic rings. The Labute approximate surface area is 285 Å². The van der Waals surface area contributed by atoms with Crippen LogP contribution in [0, 0.1) is 0 Å². The summed E-state index contributed by atoms with van der Waals surface area (Å²) < 4.78 is 7.40. The molecule has 0 fully saturated rings. The van der Waals surface area contributed by atoms with Gasteiger partial charge in [-0.25, -0.2) is 4.98 Å². The number of benzene rings is 8. The van der Waals surface area contributed by atoms with Crippen molar-refractivity contribution in [2.45, 2.75) is 0 Å². The first-order valence-electron chi connectivity index (χ1n) is 16.6. The molecular weight excluding hydrogens is 615 g/mol. The van der Waals surface area contributed by atoms with E-state index in [0.717, 1.165) is 33.8 Å². The van der Waals surface area contributed by atoms with E-state index >= 15 is 0 Å². The molecule has 8 aromatic carbocycles. The van der Waals surface area contributed by atoms with Gasteiger partial charge >= 0.3 is 0 Å². The second-order valence-corrected chi connectivity index (χ2v) is 13.8. The largest absolute Gasteiger partial charge is 0.309 e. The van der Waals surface area contributed by atoms with Crippen molar-refractivity contribution in [1.82, 2.24) is 14.1 Å². The molecule has 11 rings (SSSR count). The van der Waals surface area contributed by atoms with Crippen LogP contribution in [0.25, 0.3) is 97.3 Å². The van der Waals surface area contributed by atoms with E-state index in [4.69, 9.17) is 4.98 Å². The van der Waals surface area contributed by atoms with Crippen molar-refractivity contribution in [2.75, 3.05) is 0 Å². The topological polar surface area (TPSA) is 22.8 Å². The summed E-state index contributed by atoms with van der Waals surface area (Å²) in [4.78, 5) is 5.13. The summed E-state index contributed by atoms with van der Waals surface area (Å²) in [5, 5.41) is 10.3. The van der Waals surface area contributed by atoms with Crippen molar-refractivity contribution in [1.29, 1.82) is 0 Å². The summed E-state index contributed by atoms with van der Waals surface area (Å²) in [5.41, 5.74) is 7.86. The summed E-state index contributed by atoms with van der Waals surface area (Å²) in [6.45, 7) is 0. The van der Waals surface area contributed by atoms with Crippen molar-refractivity contribution < 1.29 is 0 Å². The molecule has 0 atom stereocenters. The van der Waals surface area contributed by atoms with Crippen LogP contribution in [0.4, 0.5) is 0 Å². The Balaban J connectivity index is 1.17. The molecule has 0 aliphatic carbocycles. The Morgan fingerprint density at radius 1 is 0.429 bits per heavy atom. The van der Waals surface area contributed by atoms with Gasteiger partial charge in [-0.2, -0.15) is 0 Å². The predicted molar refractivity (Wildman–Crippen MR) is 209 cm³/mol. The van der Waals surface area contributed by atoms with Gasteiger partial charge in [-0.05, 0) is 76.8 Å². The molecule has 0 aliphatic heterocycles. The van der Waals surface area contributed by atoms with Crippen molar-refractivity contribution in [3.8, 4) is 22.8 Å². The minimum Gasteiger partial charge on any atom is -0.309 e. The zero-order valence-electron chi connectivity index (χ0n) is 26.3. The fraction of sp³-hybridized carbons (Fsp3) is 0. The highest BCUT2D eigenvalue weighted by atomic mass is 32.1. The van der Waals surface area contributed by atoms with E-state index in [-0.39, 0.29) is 0 Å². The first kappa shape index (κ1) is 26.8. The highest BCUT2D eigenvalue weighted by Gasteiger charge is 2.19. The van der Waals surface area contributed by atoms with Crippen LogP contribution in [-0.4, -0.2) is 14.1 Å². The molecule has 3 aromatic heterocycles. The van der Waals surface area contributed by atoms with E-state index in [1.54, 1.807) is 0 Å². The molecular formula is C45H27N3S. The maximum absolute atomic E-state index is 5.13. The Bertz CT molecular complexity index is 3090. The fourth-order valence-corrected chi connectivity index (χ4v) is 9.11. The lowest BCUT2D eigenvalue weighted by Crippen LogP contribution is -1.98. The lowest BCUT2D eigenvalue weighted by atomic mass is 10.0. The molecule has 4 heteroatoms. The number of hydrogen-bond acceptors (Lipinski definition) is 2. The van der Waals surface area contributed by atoms with Gasteiger partial charge in [0.25, 0.3) is 0 Å². The molecule has 0 unspecified atom stereocenters. The summed E-state index contributed by atoms with van der Waals surface area (Å²) in [5.74, 6) is 0.936. The van der Waals surface area contributed by atoms with Gasteiger partial charge in [-0.15, -0.1) is 11.3 Å². The van der Waals surface area contributed by atoms with Gasteiger partial charge in [0, 0.05) is 53.3 Å². The van der Waals surface area contributed by atoms with E-state index in [1.807, 2.05) is 11.3 Å². The molecule has 0 N–H and O–H groups in total. The van der Waals surface area contributed by atoms with Crippen molar-refractivity contribution in [3.63, 3.8) is 0 Å². The molecule has 49 heavy (non-hydrogen) atoms. The quantitative estimate of drug-likeness (QED) is 0.188. The van der Waals surface area contributed by atoms with Crippen LogP contribution in [0.2, 0.25) is 0 Å². The van der Waals surface area contributed by atoms with Crippen LogP contribution in [0.15, 0.2) is 164 Å². The molecule has 0 aliphatic rings. The monoisotopic (exact) mass is 641 g/mol. The van der Waals surface area contributed by atoms with E-state index in [9.17, 15) is 0 Å². The summed E-state index contributed by atoms with van der Waals surface area (Å²) in [7, 11) is 0. The smallest absolute Gasteiger partial charge is 0.145 e. The maximum atomic E-state index is 5.13. The summed E-state index contributed by atoms with van der Waals surface area (Å²) in [6.07, 6.45) is 0. The summed E-state index contributed by atoms with van der Waals surface area (Å²) >= 11 is 1.90. The zero-order chi connectivity index (χ0) is 32.1. The van der Waals surface area contributed by atoms with Crippen LogP contribution in [0.3, 0.4) is 0 Å². The first-order valence-corrected chi connectivity index (χ1v) is 17.5. The van der Waals surface area contributed by atoms with Crippen molar-refractivity contribution >= 4 is 85.9 Å². The van der Waals surface area contributed by atoms with E-state index in [2.05, 4.69) is 173 Å². The van der Waals surface area contributed by atoms with Crippen LogP contribution < -0.4 is 0 Å². The Hall–Kier alpha value is -6.23. The second-order valence-electron chi connectivity index (χ2n) is 12.8. The standard InChI is InChI=1S/C45H27N3S/c1-2-12-31(13-3-1)48-40-17-9-8-16-39(40)46-45(48)30-18-22-32(23-19-30)47-41-27-42-38(36-25-21-29-11-5-7-15-34(29)44(36)49-42)26-37(41)35-24-20-28-10-4-6-14-33(28)43(35)47/h1-27H. The lowest BCUT2D eigenvalue weighted by Gasteiger charge is -2.12. The molecule has 0 bridgehead atoms. The molecule has 3 heterocycles. The highest BCUT2D eigenvalue weighted by molar-refractivity contribution is 7.26. The molecule has 228 valence electrons. The average Bonchev–Trinajstić information content (AvgIpc) is 3.84. The maximum Gasteiger partial charge on any atom is 0.145 e. The number of thiophene rings is 1. The number of aromatic nitrogens is 3. The van der Waals surface area contributed by atoms with Gasteiger partial charge in [-0.3, -0.25) is 4.57 Å². The number of fused-ring (bicyclic) bond motifs is 11. The minimum absolute atomic E-state index is 0.936. The molecule has 3 nitrogen and oxygen atoms in total. The minimum atomic E-state index is 0.936. The van der Waals surface area contributed by atoms with E-state index in [1.165, 1.54) is 63.5 Å². The van der Waals surface area contributed by atoms with Gasteiger partial charge < -0.3 is 4.57 Å². The normalized spacial score (nSPS) is 12.1. The van der Waals surface area contributed by atoms with Gasteiger partial charge in [0.2, 0.25) is 0 Å². The highest BCUT2D eigenvalue weighted by Crippen LogP contribution is 2.44. The van der Waals surface area contributed by atoms with E-state index < -0.39 is 0 Å². The van der Waals surface area contributed by atoms with E-state index in [0.29, 0.717) is 0 Å². The predicted octanol–water partition coefficient (Wildman–Crippen LogP) is 12.5. The Morgan fingerprint density at radius 3 is 1.94 bits per heavy atom. The van der Waals surface area contributed by atoms with Crippen LogP contribution >= 0.6 is 11.3 Å². The molecule has 0 spiro atoms. The van der Waals surface area contributed by atoms with Crippen LogP contribution in [0.5, 0.6) is 0 Å². The Morgan fingerprint density at radius 2 is 1.10 bits per heavy atom. The fourth-order valence-electron chi connectivity index (χ4n) is 7.86. The third kappa shape index (κ3) is 3.86. The number of imidazole rings is 1. The van der Waals surface area contributed by atoms with Crippen molar-refractivity contribution in [2.24, 2.45) is 0 Å². The number of para-hydroxylation sites is 3. The van der Waals surface area contributed by atoms with Gasteiger partial charge in [0.05, 0.1) is 22.1 Å². The Kier molecular flexibility index (Phi) is 5.54. The number of rotatable bonds is 3. The van der Waals surface area contributed by atoms with Gasteiger partial charge in [0.1, 0.15) is 5.82 Å². The third-order valence-electron chi connectivity index (χ3n) is 10.1.